The Hall–Kier alpha value is -3.35. The third-order valence-corrected chi connectivity index (χ3v) is 3.40. The second kappa shape index (κ2) is 7.96. The SMILES string of the molecule is COC(=O)c1ccccc1NC(=O)COc1c(C)cccc1C(=O)O. The molecule has 0 aromatic heterocycles. The number of hydrogen-bond acceptors (Lipinski definition) is 5. The van der Waals surface area contributed by atoms with E-state index in [0.29, 0.717) is 5.56 Å². The van der Waals surface area contributed by atoms with E-state index < -0.39 is 24.5 Å². The number of ether oxygens (including phenoxy) is 2. The number of rotatable bonds is 6. The Balaban J connectivity index is 2.11. The van der Waals surface area contributed by atoms with E-state index in [1.54, 1.807) is 37.3 Å². The smallest absolute Gasteiger partial charge is 0.339 e. The third kappa shape index (κ3) is 4.35. The van der Waals surface area contributed by atoms with Crippen molar-refractivity contribution in [3.63, 3.8) is 0 Å². The maximum Gasteiger partial charge on any atom is 0.339 e. The average Bonchev–Trinajstić information content (AvgIpc) is 2.60. The molecule has 2 aromatic carbocycles. The molecule has 130 valence electrons. The number of amides is 1. The number of para-hydroxylation sites is 2. The monoisotopic (exact) mass is 343 g/mol. The largest absolute Gasteiger partial charge is 0.483 e. The van der Waals surface area contributed by atoms with Gasteiger partial charge in [-0.1, -0.05) is 24.3 Å². The Morgan fingerprint density at radius 2 is 1.72 bits per heavy atom. The van der Waals surface area contributed by atoms with Gasteiger partial charge in [-0.2, -0.15) is 0 Å². The molecule has 0 aliphatic rings. The van der Waals surface area contributed by atoms with E-state index >= 15 is 0 Å². The van der Waals surface area contributed by atoms with Crippen molar-refractivity contribution in [2.75, 3.05) is 19.0 Å². The van der Waals surface area contributed by atoms with E-state index in [1.807, 2.05) is 0 Å². The lowest BCUT2D eigenvalue weighted by Gasteiger charge is -2.13. The number of nitrogens with one attached hydrogen (secondary N) is 1. The summed E-state index contributed by atoms with van der Waals surface area (Å²) in [5, 5.41) is 11.7. The molecule has 7 nitrogen and oxygen atoms in total. The second-order valence-electron chi connectivity index (χ2n) is 5.13. The minimum absolute atomic E-state index is 0.0252. The molecule has 0 unspecified atom stereocenters. The lowest BCUT2D eigenvalue weighted by atomic mass is 10.1. The molecule has 25 heavy (non-hydrogen) atoms. The summed E-state index contributed by atoms with van der Waals surface area (Å²) in [7, 11) is 1.25. The highest BCUT2D eigenvalue weighted by atomic mass is 16.5. The average molecular weight is 343 g/mol. The van der Waals surface area contributed by atoms with Gasteiger partial charge in [-0.25, -0.2) is 9.59 Å². The number of methoxy groups -OCH3 is 1. The summed E-state index contributed by atoms with van der Waals surface area (Å²) < 4.78 is 10.0. The molecule has 2 aromatic rings. The molecule has 1 amide bonds. The zero-order chi connectivity index (χ0) is 18.4. The van der Waals surface area contributed by atoms with Gasteiger partial charge < -0.3 is 19.9 Å². The Kier molecular flexibility index (Phi) is 5.73. The van der Waals surface area contributed by atoms with Gasteiger partial charge in [0, 0.05) is 0 Å². The molecule has 0 aliphatic carbocycles. The fraction of sp³-hybridized carbons (Fsp3) is 0.167. The lowest BCUT2D eigenvalue weighted by molar-refractivity contribution is -0.118. The number of carboxylic acids is 1. The van der Waals surface area contributed by atoms with Crippen LogP contribution >= 0.6 is 0 Å². The van der Waals surface area contributed by atoms with Crippen molar-refractivity contribution in [2.45, 2.75) is 6.92 Å². The number of anilines is 1. The number of aryl methyl sites for hydroxylation is 1. The molecular weight excluding hydrogens is 326 g/mol. The van der Waals surface area contributed by atoms with Crippen molar-refractivity contribution in [1.29, 1.82) is 0 Å². The molecule has 0 saturated heterocycles. The summed E-state index contributed by atoms with van der Waals surface area (Å²) >= 11 is 0. The Morgan fingerprint density at radius 3 is 2.40 bits per heavy atom. The maximum atomic E-state index is 12.1. The number of aromatic carboxylic acids is 1. The van der Waals surface area contributed by atoms with E-state index in [9.17, 15) is 19.5 Å². The number of carboxylic acid groups (broad SMARTS) is 1. The van der Waals surface area contributed by atoms with Gasteiger partial charge in [-0.3, -0.25) is 4.79 Å². The molecule has 0 spiro atoms. The van der Waals surface area contributed by atoms with Crippen LogP contribution in [0.4, 0.5) is 5.69 Å². The quantitative estimate of drug-likeness (QED) is 0.781. The van der Waals surface area contributed by atoms with Crippen LogP contribution in [0.3, 0.4) is 0 Å². The molecule has 0 aliphatic heterocycles. The molecule has 2 N–H and O–H groups in total. The van der Waals surface area contributed by atoms with Crippen LogP contribution in [-0.2, 0) is 9.53 Å². The van der Waals surface area contributed by atoms with Crippen molar-refractivity contribution in [3.05, 3.63) is 59.2 Å². The van der Waals surface area contributed by atoms with E-state index in [4.69, 9.17) is 4.74 Å². The van der Waals surface area contributed by atoms with Gasteiger partial charge in [-0.05, 0) is 30.7 Å². The maximum absolute atomic E-state index is 12.1. The molecule has 0 saturated carbocycles. The normalized spacial score (nSPS) is 10.0. The summed E-state index contributed by atoms with van der Waals surface area (Å²) in [5.74, 6) is -2.12. The minimum atomic E-state index is -1.14. The van der Waals surface area contributed by atoms with Crippen molar-refractivity contribution in [1.82, 2.24) is 0 Å². The molecule has 0 bridgehead atoms. The van der Waals surface area contributed by atoms with E-state index in [-0.39, 0.29) is 22.6 Å². The Labute approximate surface area is 144 Å². The number of carbonyl (C=O) groups excluding carboxylic acids is 2. The first-order valence-electron chi connectivity index (χ1n) is 7.37. The Bertz CT molecular complexity index is 815. The second-order valence-corrected chi connectivity index (χ2v) is 5.13. The van der Waals surface area contributed by atoms with Crippen molar-refractivity contribution in [3.8, 4) is 5.75 Å². The minimum Gasteiger partial charge on any atom is -0.483 e. The first kappa shape index (κ1) is 18.0. The highest BCUT2D eigenvalue weighted by Crippen LogP contribution is 2.23. The van der Waals surface area contributed by atoms with Crippen molar-refractivity contribution in [2.24, 2.45) is 0 Å². The highest BCUT2D eigenvalue weighted by Gasteiger charge is 2.16. The summed E-state index contributed by atoms with van der Waals surface area (Å²) in [6, 6.07) is 11.1. The van der Waals surface area contributed by atoms with Crippen LogP contribution in [0.2, 0.25) is 0 Å². The summed E-state index contributed by atoms with van der Waals surface area (Å²) in [5.41, 5.74) is 1.07. The zero-order valence-electron chi connectivity index (χ0n) is 13.7. The van der Waals surface area contributed by atoms with Crippen molar-refractivity contribution >= 4 is 23.5 Å². The molecule has 0 atom stereocenters. The van der Waals surface area contributed by atoms with Gasteiger partial charge in [0.05, 0.1) is 18.4 Å². The first-order chi connectivity index (χ1) is 11.9. The van der Waals surface area contributed by atoms with Gasteiger partial charge in [0.2, 0.25) is 0 Å². The summed E-state index contributed by atoms with van der Waals surface area (Å²) in [4.78, 5) is 35.0. The number of benzene rings is 2. The molecule has 0 radical (unpaired) electrons. The van der Waals surface area contributed by atoms with Gasteiger partial charge >= 0.3 is 11.9 Å². The fourth-order valence-corrected chi connectivity index (χ4v) is 2.22. The van der Waals surface area contributed by atoms with Crippen LogP contribution in [0.1, 0.15) is 26.3 Å². The van der Waals surface area contributed by atoms with E-state index in [0.717, 1.165) is 0 Å². The van der Waals surface area contributed by atoms with Crippen LogP contribution < -0.4 is 10.1 Å². The van der Waals surface area contributed by atoms with E-state index in [1.165, 1.54) is 19.2 Å². The van der Waals surface area contributed by atoms with Gasteiger partial charge in [0.25, 0.3) is 5.91 Å². The van der Waals surface area contributed by atoms with Crippen molar-refractivity contribution < 1.29 is 29.0 Å². The molecule has 7 heteroatoms. The highest BCUT2D eigenvalue weighted by molar-refractivity contribution is 6.01. The number of esters is 1. The third-order valence-electron chi connectivity index (χ3n) is 3.40. The zero-order valence-corrected chi connectivity index (χ0v) is 13.7. The van der Waals surface area contributed by atoms with Gasteiger partial charge in [0.1, 0.15) is 11.3 Å². The van der Waals surface area contributed by atoms with Gasteiger partial charge in [-0.15, -0.1) is 0 Å². The Morgan fingerprint density at radius 1 is 1.04 bits per heavy atom. The topological polar surface area (TPSA) is 102 Å². The van der Waals surface area contributed by atoms with Crippen LogP contribution in [0.15, 0.2) is 42.5 Å². The lowest BCUT2D eigenvalue weighted by Crippen LogP contribution is -2.22. The van der Waals surface area contributed by atoms with E-state index in [2.05, 4.69) is 10.1 Å². The van der Waals surface area contributed by atoms with Crippen LogP contribution in [0, 0.1) is 6.92 Å². The number of hydrogen-bond donors (Lipinski definition) is 2. The molecule has 0 heterocycles. The van der Waals surface area contributed by atoms with Crippen LogP contribution in [-0.4, -0.2) is 36.7 Å². The van der Waals surface area contributed by atoms with Crippen LogP contribution in [0.5, 0.6) is 5.75 Å². The standard InChI is InChI=1S/C18H17NO6/c1-11-6-5-8-13(17(21)22)16(11)25-10-15(20)19-14-9-4-3-7-12(14)18(23)24-2/h3-9H,10H2,1-2H3,(H,19,20)(H,21,22). The molecule has 2 rings (SSSR count). The predicted molar refractivity (Wildman–Crippen MR) is 90.0 cm³/mol. The first-order valence-corrected chi connectivity index (χ1v) is 7.37. The van der Waals surface area contributed by atoms with Gasteiger partial charge in [0.15, 0.2) is 6.61 Å². The number of carbonyl (C=O) groups is 3. The molecule has 0 fully saturated rings. The van der Waals surface area contributed by atoms with Crippen LogP contribution in [0.25, 0.3) is 0 Å². The summed E-state index contributed by atoms with van der Waals surface area (Å²) in [6.45, 7) is 1.28. The fourth-order valence-electron chi connectivity index (χ4n) is 2.22. The predicted octanol–water partition coefficient (Wildman–Crippen LogP) is 2.50. The molecular formula is C18H17NO6. The summed E-state index contributed by atoms with van der Waals surface area (Å²) in [6.07, 6.45) is 0.